The fourth-order valence-electron chi connectivity index (χ4n) is 3.49. The minimum atomic E-state index is -0.433. The van der Waals surface area contributed by atoms with E-state index in [1.54, 1.807) is 25.1 Å². The van der Waals surface area contributed by atoms with Crippen LogP contribution in [-0.4, -0.2) is 22.5 Å². The van der Waals surface area contributed by atoms with Crippen molar-refractivity contribution >= 4 is 33.6 Å². The van der Waals surface area contributed by atoms with Crippen LogP contribution < -0.4 is 17.0 Å². The Labute approximate surface area is 172 Å². The number of non-ortho nitro benzene ring substituents is 1. The number of carbonyl (C=O) groups is 1. The Balaban J connectivity index is 0.00000240. The Morgan fingerprint density at radius 1 is 1.14 bits per heavy atom. The molecule has 2 heterocycles. The smallest absolute Gasteiger partial charge is 0.344 e. The van der Waals surface area contributed by atoms with E-state index in [1.165, 1.54) is 12.1 Å². The largest absolute Gasteiger partial charge is 1.00 e. The van der Waals surface area contributed by atoms with Gasteiger partial charge in [-0.2, -0.15) is 4.57 Å². The molecule has 0 unspecified atom stereocenters. The van der Waals surface area contributed by atoms with E-state index < -0.39 is 10.9 Å². The first-order chi connectivity index (χ1) is 13.5. The molecule has 0 saturated heterocycles. The minimum absolute atomic E-state index is 0. The zero-order valence-corrected chi connectivity index (χ0v) is 16.6. The predicted molar refractivity (Wildman–Crippen MR) is 105 cm³/mol. The fourth-order valence-corrected chi connectivity index (χ4v) is 3.49. The molecule has 0 amide bonds. The van der Waals surface area contributed by atoms with Crippen LogP contribution >= 0.6 is 0 Å². The van der Waals surface area contributed by atoms with Crippen LogP contribution in [0.4, 0.5) is 5.69 Å². The second kappa shape index (κ2) is 7.89. The van der Waals surface area contributed by atoms with Crippen molar-refractivity contribution in [3.8, 4) is 5.69 Å². The summed E-state index contributed by atoms with van der Waals surface area (Å²) in [6.07, 6.45) is 0. The lowest BCUT2D eigenvalue weighted by molar-refractivity contribution is -0.573. The third-order valence-corrected chi connectivity index (χ3v) is 4.76. The summed E-state index contributed by atoms with van der Waals surface area (Å²) in [5.41, 5.74) is 4.50. The summed E-state index contributed by atoms with van der Waals surface area (Å²) < 4.78 is 7.15. The number of nitro groups is 1. The standard InChI is InChI=1S/C21H17N3O4.ClH/c1-3-28-21(25)17-12-19-20(16-6-4-5-7-18(16)22-19)23(13(17)2)14-8-10-15(11-9-14)24(26)27;/h4-12H,3H2,1-2H3;1H. The molecule has 7 nitrogen and oxygen atoms in total. The summed E-state index contributed by atoms with van der Waals surface area (Å²) in [4.78, 5) is 26.4. The highest BCUT2D eigenvalue weighted by atomic mass is 35.5. The molecule has 0 aliphatic carbocycles. The number of H-pyrrole nitrogens is 1. The summed E-state index contributed by atoms with van der Waals surface area (Å²) in [6, 6.07) is 15.9. The maximum absolute atomic E-state index is 12.5. The van der Waals surface area contributed by atoms with E-state index in [1.807, 2.05) is 35.8 Å². The SMILES string of the molecule is CCOC(=O)c1cc2[nH]c3ccccc3c2[n+](-c2ccc([N+](=O)[O-])cc2)c1C.[Cl-]. The Morgan fingerprint density at radius 2 is 1.83 bits per heavy atom. The van der Waals surface area contributed by atoms with Gasteiger partial charge in [-0.25, -0.2) is 4.79 Å². The number of nitro benzene ring substituents is 1. The van der Waals surface area contributed by atoms with E-state index in [2.05, 4.69) is 4.98 Å². The molecule has 0 aliphatic heterocycles. The van der Waals surface area contributed by atoms with Crippen LogP contribution in [-0.2, 0) is 4.74 Å². The number of benzene rings is 2. The highest BCUT2D eigenvalue weighted by Gasteiger charge is 2.27. The van der Waals surface area contributed by atoms with Crippen molar-refractivity contribution in [2.45, 2.75) is 13.8 Å². The second-order valence-corrected chi connectivity index (χ2v) is 6.41. The number of halogens is 1. The lowest BCUT2D eigenvalue weighted by Gasteiger charge is -2.07. The molecule has 0 saturated carbocycles. The van der Waals surface area contributed by atoms with Gasteiger partial charge in [0.25, 0.3) is 5.69 Å². The van der Waals surface area contributed by atoms with Gasteiger partial charge in [0.2, 0.25) is 11.2 Å². The lowest BCUT2D eigenvalue weighted by Crippen LogP contribution is -3.00. The quantitative estimate of drug-likeness (QED) is 0.235. The minimum Gasteiger partial charge on any atom is -1.00 e. The number of nitrogens with zero attached hydrogens (tertiary/aromatic N) is 2. The van der Waals surface area contributed by atoms with E-state index >= 15 is 0 Å². The number of pyridine rings is 1. The normalized spacial score (nSPS) is 10.7. The van der Waals surface area contributed by atoms with Crippen LogP contribution in [0.25, 0.3) is 27.6 Å². The molecule has 0 aliphatic rings. The Hall–Kier alpha value is -3.45. The molecular weight excluding hydrogens is 394 g/mol. The first kappa shape index (κ1) is 20.3. The molecule has 0 fully saturated rings. The van der Waals surface area contributed by atoms with Gasteiger partial charge in [-0.3, -0.25) is 10.1 Å². The van der Waals surface area contributed by atoms with Crippen LogP contribution in [0.3, 0.4) is 0 Å². The van der Waals surface area contributed by atoms with Gasteiger partial charge >= 0.3 is 5.97 Å². The van der Waals surface area contributed by atoms with Crippen molar-refractivity contribution < 1.29 is 31.4 Å². The first-order valence-corrected chi connectivity index (χ1v) is 8.89. The molecule has 4 rings (SSSR count). The number of nitrogens with one attached hydrogen (secondary N) is 1. The number of para-hydroxylation sites is 1. The van der Waals surface area contributed by atoms with Crippen molar-refractivity contribution in [2.75, 3.05) is 6.61 Å². The summed E-state index contributed by atoms with van der Waals surface area (Å²) >= 11 is 0. The summed E-state index contributed by atoms with van der Waals surface area (Å²) in [7, 11) is 0. The van der Waals surface area contributed by atoms with Gasteiger partial charge in [0.05, 0.1) is 22.4 Å². The highest BCUT2D eigenvalue weighted by molar-refractivity contribution is 6.05. The summed E-state index contributed by atoms with van der Waals surface area (Å²) in [5, 5.41) is 12.0. The molecule has 0 atom stereocenters. The Morgan fingerprint density at radius 3 is 2.48 bits per heavy atom. The number of hydrogen-bond acceptors (Lipinski definition) is 4. The van der Waals surface area contributed by atoms with Gasteiger partial charge in [0.1, 0.15) is 11.1 Å². The molecule has 0 bridgehead atoms. The molecule has 8 heteroatoms. The van der Waals surface area contributed by atoms with Crippen molar-refractivity contribution in [2.24, 2.45) is 0 Å². The third kappa shape index (κ3) is 3.40. The molecule has 0 spiro atoms. The van der Waals surface area contributed by atoms with E-state index in [0.29, 0.717) is 11.3 Å². The average Bonchev–Trinajstić information content (AvgIpc) is 3.06. The van der Waals surface area contributed by atoms with Gasteiger partial charge in [-0.05, 0) is 25.1 Å². The number of rotatable bonds is 4. The predicted octanol–water partition coefficient (Wildman–Crippen LogP) is 0.995. The number of aromatic amines is 1. The zero-order valence-electron chi connectivity index (χ0n) is 15.8. The third-order valence-electron chi connectivity index (χ3n) is 4.76. The average molecular weight is 412 g/mol. The number of hydrogen-bond donors (Lipinski definition) is 1. The van der Waals surface area contributed by atoms with Gasteiger partial charge < -0.3 is 22.1 Å². The van der Waals surface area contributed by atoms with Crippen LogP contribution in [0.5, 0.6) is 0 Å². The van der Waals surface area contributed by atoms with Crippen molar-refractivity contribution in [1.29, 1.82) is 0 Å². The monoisotopic (exact) mass is 411 g/mol. The fraction of sp³-hybridized carbons (Fsp3) is 0.143. The van der Waals surface area contributed by atoms with Crippen molar-refractivity contribution in [3.05, 3.63) is 76.0 Å². The van der Waals surface area contributed by atoms with Gasteiger partial charge in [0, 0.05) is 31.2 Å². The molecule has 1 N–H and O–H groups in total. The van der Waals surface area contributed by atoms with Crippen LogP contribution in [0.1, 0.15) is 23.0 Å². The Bertz CT molecular complexity index is 1230. The number of fused-ring (bicyclic) bond motifs is 3. The molecule has 148 valence electrons. The zero-order chi connectivity index (χ0) is 19.8. The molecular formula is C21H18ClN3O4. The summed E-state index contributed by atoms with van der Waals surface area (Å²) in [6.45, 7) is 3.88. The first-order valence-electron chi connectivity index (χ1n) is 8.89. The van der Waals surface area contributed by atoms with Gasteiger partial charge in [-0.15, -0.1) is 0 Å². The summed E-state index contributed by atoms with van der Waals surface area (Å²) in [5.74, 6) is -0.406. The molecule has 2 aromatic heterocycles. The van der Waals surface area contributed by atoms with E-state index in [4.69, 9.17) is 4.74 Å². The Kier molecular flexibility index (Phi) is 5.52. The van der Waals surface area contributed by atoms with E-state index in [9.17, 15) is 14.9 Å². The van der Waals surface area contributed by atoms with E-state index in [-0.39, 0.29) is 24.7 Å². The molecule has 4 aromatic rings. The number of ether oxygens (including phenoxy) is 1. The molecule has 29 heavy (non-hydrogen) atoms. The highest BCUT2D eigenvalue weighted by Crippen LogP contribution is 2.26. The molecule has 0 radical (unpaired) electrons. The van der Waals surface area contributed by atoms with Crippen molar-refractivity contribution in [1.82, 2.24) is 4.98 Å². The van der Waals surface area contributed by atoms with E-state index in [0.717, 1.165) is 27.6 Å². The van der Waals surface area contributed by atoms with Gasteiger partial charge in [0.15, 0.2) is 5.69 Å². The van der Waals surface area contributed by atoms with Crippen molar-refractivity contribution in [3.63, 3.8) is 0 Å². The number of esters is 1. The van der Waals surface area contributed by atoms with Crippen LogP contribution in [0.15, 0.2) is 54.6 Å². The lowest BCUT2D eigenvalue weighted by atomic mass is 10.1. The number of aromatic nitrogens is 2. The second-order valence-electron chi connectivity index (χ2n) is 6.41. The van der Waals surface area contributed by atoms with Crippen LogP contribution in [0, 0.1) is 17.0 Å². The maximum atomic E-state index is 12.5. The van der Waals surface area contributed by atoms with Gasteiger partial charge in [-0.1, -0.05) is 12.1 Å². The maximum Gasteiger partial charge on any atom is 0.344 e. The number of carbonyl (C=O) groups excluding carboxylic acids is 1. The van der Waals surface area contributed by atoms with Crippen LogP contribution in [0.2, 0.25) is 0 Å². The molecule has 2 aromatic carbocycles. The topological polar surface area (TPSA) is 89.1 Å².